The van der Waals surface area contributed by atoms with E-state index in [1.54, 1.807) is 4.90 Å². The van der Waals surface area contributed by atoms with E-state index in [9.17, 15) is 9.59 Å². The van der Waals surface area contributed by atoms with E-state index < -0.39 is 5.60 Å². The summed E-state index contributed by atoms with van der Waals surface area (Å²) in [6.45, 7) is 10.7. The summed E-state index contributed by atoms with van der Waals surface area (Å²) >= 11 is 7.58. The number of benzene rings is 1. The Morgan fingerprint density at radius 1 is 1.00 bits per heavy atom. The zero-order valence-corrected chi connectivity index (χ0v) is 27.3. The molecule has 6 nitrogen and oxygen atoms in total. The summed E-state index contributed by atoms with van der Waals surface area (Å²) in [6.07, 6.45) is 10.2. The van der Waals surface area contributed by atoms with Crippen molar-refractivity contribution in [2.45, 2.75) is 84.3 Å². The van der Waals surface area contributed by atoms with Gasteiger partial charge < -0.3 is 19.9 Å². The molecule has 2 fully saturated rings. The maximum atomic E-state index is 13.3. The topological polar surface area (TPSA) is 61.9 Å². The maximum absolute atomic E-state index is 13.3. The summed E-state index contributed by atoms with van der Waals surface area (Å²) in [5, 5.41) is 3.68. The van der Waals surface area contributed by atoms with Crippen LogP contribution in [-0.2, 0) is 16.0 Å². The fourth-order valence-electron chi connectivity index (χ4n) is 6.49. The molecular formula is C32H41Br2N3O3. The third-order valence-corrected chi connectivity index (χ3v) is 9.55. The molecule has 0 radical (unpaired) electrons. The monoisotopic (exact) mass is 673 g/mol. The molecular weight excluding hydrogens is 634 g/mol. The minimum atomic E-state index is -0.487. The van der Waals surface area contributed by atoms with E-state index in [0.29, 0.717) is 25.4 Å². The summed E-state index contributed by atoms with van der Waals surface area (Å²) in [7, 11) is 0. The highest BCUT2D eigenvalue weighted by Crippen LogP contribution is 2.43. The highest BCUT2D eigenvalue weighted by Gasteiger charge is 2.33. The van der Waals surface area contributed by atoms with Crippen LogP contribution in [0.2, 0.25) is 0 Å². The van der Waals surface area contributed by atoms with Crippen molar-refractivity contribution in [2.75, 3.05) is 26.2 Å². The first-order valence-corrected chi connectivity index (χ1v) is 16.2. The molecule has 1 aromatic carbocycles. The third-order valence-electron chi connectivity index (χ3n) is 8.47. The first-order chi connectivity index (χ1) is 19.0. The Bertz CT molecular complexity index is 1260. The molecule has 0 saturated carbocycles. The Balaban J connectivity index is 1.25. The number of carbonyl (C=O) groups is 2. The molecule has 2 amide bonds. The highest BCUT2D eigenvalue weighted by molar-refractivity contribution is 9.12. The lowest BCUT2D eigenvalue weighted by molar-refractivity contribution is -0.133. The SMILES string of the molecule is Cc1cc(Br)c2c(c1)CCC1=CC(Br)=CNC1C2=C1CCN(C(=O)CC2CCN(C(=O)OC(C)(C)C)CC2)CC1. The predicted octanol–water partition coefficient (Wildman–Crippen LogP) is 7.25. The Labute approximate surface area is 255 Å². The number of amides is 2. The smallest absolute Gasteiger partial charge is 0.410 e. The number of nitrogens with one attached hydrogen (secondary N) is 1. The number of likely N-dealkylation sites (tertiary alicyclic amines) is 2. The van der Waals surface area contributed by atoms with Crippen molar-refractivity contribution in [3.63, 3.8) is 0 Å². The van der Waals surface area contributed by atoms with Crippen LogP contribution in [0.3, 0.4) is 0 Å². The second-order valence-electron chi connectivity index (χ2n) is 12.6. The molecule has 1 aromatic rings. The molecule has 4 aliphatic rings. The van der Waals surface area contributed by atoms with Crippen LogP contribution < -0.4 is 5.32 Å². The van der Waals surface area contributed by atoms with E-state index in [0.717, 1.165) is 60.6 Å². The fraction of sp³-hybridized carbons (Fsp3) is 0.562. The van der Waals surface area contributed by atoms with E-state index >= 15 is 0 Å². The molecule has 1 aliphatic carbocycles. The summed E-state index contributed by atoms with van der Waals surface area (Å²) in [6, 6.07) is 4.73. The van der Waals surface area contributed by atoms with Gasteiger partial charge in [0.2, 0.25) is 5.91 Å². The molecule has 0 aromatic heterocycles. The summed E-state index contributed by atoms with van der Waals surface area (Å²) in [4.78, 5) is 29.6. The van der Waals surface area contributed by atoms with E-state index in [1.807, 2.05) is 20.8 Å². The number of hydrogen-bond acceptors (Lipinski definition) is 4. The molecule has 5 rings (SSSR count). The minimum Gasteiger partial charge on any atom is -0.444 e. The van der Waals surface area contributed by atoms with Crippen LogP contribution in [0.1, 0.15) is 76.0 Å². The standard InChI is InChI=1S/C32H41Br2N3O3/c1-20-15-23-5-6-24-18-25(33)19-35-30(24)29(28(23)26(34)16-20)22-9-13-36(14-10-22)27(38)17-21-7-11-37(12-8-21)31(39)40-32(2,3)4/h15-16,18-19,21,30,35H,5-14,17H2,1-4H3. The van der Waals surface area contributed by atoms with E-state index in [-0.39, 0.29) is 18.0 Å². The Morgan fingerprint density at radius 3 is 2.38 bits per heavy atom. The van der Waals surface area contributed by atoms with Gasteiger partial charge in [-0.05, 0) is 128 Å². The third kappa shape index (κ3) is 6.70. The molecule has 216 valence electrons. The number of halogens is 2. The summed E-state index contributed by atoms with van der Waals surface area (Å²) in [5.41, 5.74) is 7.79. The average Bonchev–Trinajstić information content (AvgIpc) is 3.05. The molecule has 1 unspecified atom stereocenters. The van der Waals surface area contributed by atoms with Gasteiger partial charge >= 0.3 is 6.09 Å². The molecule has 1 N–H and O–H groups in total. The van der Waals surface area contributed by atoms with Crippen molar-refractivity contribution in [3.05, 3.63) is 61.2 Å². The second kappa shape index (κ2) is 12.0. The first kappa shape index (κ1) is 29.4. The van der Waals surface area contributed by atoms with Crippen LogP contribution in [0.4, 0.5) is 4.79 Å². The van der Waals surface area contributed by atoms with Crippen LogP contribution in [0, 0.1) is 12.8 Å². The number of allylic oxidation sites excluding steroid dienone is 2. The Hall–Kier alpha value is -2.06. The van der Waals surface area contributed by atoms with Gasteiger partial charge in [0.1, 0.15) is 5.60 Å². The number of ether oxygens (including phenoxy) is 1. The predicted molar refractivity (Wildman–Crippen MR) is 167 cm³/mol. The number of aryl methyl sites for hydroxylation is 2. The zero-order chi connectivity index (χ0) is 28.6. The van der Waals surface area contributed by atoms with Crippen LogP contribution in [-0.4, -0.2) is 59.6 Å². The number of fused-ring (bicyclic) bond motifs is 2. The molecule has 3 aliphatic heterocycles. The lowest BCUT2D eigenvalue weighted by Crippen LogP contribution is -2.43. The minimum absolute atomic E-state index is 0.161. The van der Waals surface area contributed by atoms with Gasteiger partial charge in [0.05, 0.1) is 6.04 Å². The fourth-order valence-corrected chi connectivity index (χ4v) is 7.75. The number of dihydropyridines is 1. The van der Waals surface area contributed by atoms with Crippen molar-refractivity contribution in [1.82, 2.24) is 15.1 Å². The van der Waals surface area contributed by atoms with Crippen molar-refractivity contribution in [2.24, 2.45) is 5.92 Å². The van der Waals surface area contributed by atoms with Gasteiger partial charge in [-0.1, -0.05) is 27.6 Å². The Morgan fingerprint density at radius 2 is 1.70 bits per heavy atom. The van der Waals surface area contributed by atoms with Crippen molar-refractivity contribution in [1.29, 1.82) is 0 Å². The zero-order valence-electron chi connectivity index (χ0n) is 24.1. The molecule has 1 atom stereocenters. The summed E-state index contributed by atoms with van der Waals surface area (Å²) < 4.78 is 7.77. The van der Waals surface area contributed by atoms with E-state index in [1.165, 1.54) is 33.4 Å². The lowest BCUT2D eigenvalue weighted by Gasteiger charge is -2.36. The number of rotatable bonds is 2. The van der Waals surface area contributed by atoms with Gasteiger partial charge in [-0.25, -0.2) is 4.79 Å². The van der Waals surface area contributed by atoms with Crippen LogP contribution >= 0.6 is 31.9 Å². The van der Waals surface area contributed by atoms with Gasteiger partial charge in [0, 0.05) is 47.8 Å². The van der Waals surface area contributed by atoms with Gasteiger partial charge in [-0.3, -0.25) is 4.79 Å². The molecule has 3 heterocycles. The van der Waals surface area contributed by atoms with Gasteiger partial charge in [0.25, 0.3) is 0 Å². The second-order valence-corrected chi connectivity index (χ2v) is 14.4. The highest BCUT2D eigenvalue weighted by atomic mass is 79.9. The molecule has 40 heavy (non-hydrogen) atoms. The molecule has 2 saturated heterocycles. The number of carbonyl (C=O) groups excluding carboxylic acids is 2. The summed E-state index contributed by atoms with van der Waals surface area (Å²) in [5.74, 6) is 0.573. The number of hydrogen-bond donors (Lipinski definition) is 1. The Kier molecular flexibility index (Phi) is 8.86. The first-order valence-electron chi connectivity index (χ1n) is 14.6. The maximum Gasteiger partial charge on any atom is 0.410 e. The quantitative estimate of drug-likeness (QED) is 0.359. The normalized spacial score (nSPS) is 22.0. The van der Waals surface area contributed by atoms with Crippen LogP contribution in [0.15, 0.2) is 44.5 Å². The van der Waals surface area contributed by atoms with Crippen molar-refractivity contribution >= 4 is 49.4 Å². The van der Waals surface area contributed by atoms with Crippen molar-refractivity contribution < 1.29 is 14.3 Å². The number of piperidine rings is 2. The molecule has 0 bridgehead atoms. The van der Waals surface area contributed by atoms with Crippen LogP contribution in [0.5, 0.6) is 0 Å². The van der Waals surface area contributed by atoms with Crippen molar-refractivity contribution in [3.8, 4) is 0 Å². The van der Waals surface area contributed by atoms with E-state index in [4.69, 9.17) is 4.74 Å². The lowest BCUT2D eigenvalue weighted by atomic mass is 9.84. The average molecular weight is 676 g/mol. The van der Waals surface area contributed by atoms with Crippen LogP contribution in [0.25, 0.3) is 5.57 Å². The van der Waals surface area contributed by atoms with Gasteiger partial charge in [-0.2, -0.15) is 0 Å². The molecule has 8 heteroatoms. The molecule has 0 spiro atoms. The largest absolute Gasteiger partial charge is 0.444 e. The van der Waals surface area contributed by atoms with Gasteiger partial charge in [-0.15, -0.1) is 0 Å². The van der Waals surface area contributed by atoms with Gasteiger partial charge in [0.15, 0.2) is 0 Å². The van der Waals surface area contributed by atoms with E-state index in [2.05, 4.69) is 73.4 Å². The number of nitrogens with zero attached hydrogens (tertiary/aromatic N) is 2.